The normalized spacial score (nSPS) is 26.9. The van der Waals surface area contributed by atoms with Crippen LogP contribution in [0.4, 0.5) is 10.6 Å². The van der Waals surface area contributed by atoms with E-state index < -0.39 is 250 Å². The van der Waals surface area contributed by atoms with E-state index >= 15 is 9.59 Å². The molecule has 3 saturated heterocycles. The molecule has 110 heavy (non-hydrogen) atoms. The SMILES string of the molecule is Cc1c(N)nc([C@H](CC(N)=O)NC[C@H](N)C(N)=O)nc1C(=O)N[C@H](C(=O)N[C@H](C)[C@@H](O)CC(=O)N[C@H](C(=O)NC(OC1OC(C)C(N)C(O)C1O)C(O)c1nc(-c2nc(C(=O)NCCCNCCCCN)cs2)cs1)[C@@H](C)O)[C@@H](OC1OC(CO)C(O)C(O)C1OC1OC(CO)C(O)C(OC(N)=O)C1O)c1cnc[nH]1. The van der Waals surface area contributed by atoms with E-state index in [1.54, 1.807) is 0 Å². The van der Waals surface area contributed by atoms with Gasteiger partial charge in [-0.2, -0.15) is 0 Å². The predicted molar refractivity (Wildman–Crippen MR) is 377 cm³/mol. The molecule has 0 bridgehead atoms. The highest BCUT2D eigenvalue weighted by Crippen LogP contribution is 2.36. The molecule has 3 fully saturated rings. The van der Waals surface area contributed by atoms with Gasteiger partial charge in [0.25, 0.3) is 11.8 Å². The maximum Gasteiger partial charge on any atom is 0.404 e. The molecule has 3 aliphatic rings. The fourth-order valence-corrected chi connectivity index (χ4v) is 13.0. The number of H-pyrrole nitrogens is 1. The Labute approximate surface area is 634 Å². The maximum atomic E-state index is 15.3. The molecule has 0 radical (unpaired) electrons. The molecule has 4 aromatic rings. The van der Waals surface area contributed by atoms with Crippen LogP contribution in [0, 0.1) is 6.92 Å². The Balaban J connectivity index is 1.16. The summed E-state index contributed by atoms with van der Waals surface area (Å²) < 4.78 is 40.4. The van der Waals surface area contributed by atoms with Gasteiger partial charge in [-0.25, -0.2) is 29.7 Å². The summed E-state index contributed by atoms with van der Waals surface area (Å²) in [7, 11) is 0. The second-order valence-electron chi connectivity index (χ2n) is 26.1. The summed E-state index contributed by atoms with van der Waals surface area (Å²) >= 11 is 1.90. The number of hydrogen-bond donors (Lipinski definition) is 26. The van der Waals surface area contributed by atoms with E-state index in [1.165, 1.54) is 24.6 Å². The van der Waals surface area contributed by atoms with Gasteiger partial charge in [-0.05, 0) is 66.6 Å². The van der Waals surface area contributed by atoms with E-state index in [4.69, 9.17) is 73.3 Å². The Morgan fingerprint density at radius 1 is 0.718 bits per heavy atom. The van der Waals surface area contributed by atoms with Crippen molar-refractivity contribution in [2.75, 3.05) is 51.7 Å². The number of unbranched alkanes of at least 4 members (excludes halogenated alkanes) is 1. The van der Waals surface area contributed by atoms with Gasteiger partial charge in [-0.15, -0.1) is 22.7 Å². The third kappa shape index (κ3) is 23.6. The summed E-state index contributed by atoms with van der Waals surface area (Å²) in [5, 5.41) is 144. The van der Waals surface area contributed by atoms with E-state index in [9.17, 15) is 84.9 Å². The number of nitrogens with two attached hydrogens (primary N) is 7. The standard InChI is InChI=1S/C62H98N20O26S2/c1-21-36(79-51(81-49(21)67)26(12-33(65)87)73-14-25(64)50(68)96)53(98)80-38(46(27-15-71-20-74-27)105-61-48(42(92)39(89)31(16-83)104-61)106-60-44(94)47(107-62(69)101)40(90)32(17-84)103-60)55(100)75-22(2)30(86)13-34(88)78-37(23(3)85)54(99)82-56(108-59-43(93)41(91)35(66)24(4)102-59)45(95)58-77-29(19-110-58)57-76-28(18-109-57)52(97)72-11-7-10-70-9-6-5-8-63/h15,18-20,22-26,30-32,35,37-48,56,59-61,70,73,83-86,89-95H,5-14,16-17,63-64,66H2,1-4H3,(H2,65,87)(H2,68,96)(H2,69,101)(H,71,74)(H,72,97)(H,75,100)(H,78,88)(H,80,98)(H,82,99)(H2,67,79,81)/t22-,23-,24?,25+,26+,30+,31?,32?,35?,37+,38+,39?,40?,41?,42?,43?,44?,45?,46+,47?,48?,56?,59?,60?,61?/m1/s1. The zero-order valence-corrected chi connectivity index (χ0v) is 61.5. The van der Waals surface area contributed by atoms with Gasteiger partial charge in [-0.3, -0.25) is 33.6 Å². The van der Waals surface area contributed by atoms with Crippen LogP contribution in [-0.4, -0.2) is 314 Å². The number of nitrogens with one attached hydrogen (secondary N) is 8. The second kappa shape index (κ2) is 41.5. The molecule has 0 aliphatic carbocycles. The zero-order valence-electron chi connectivity index (χ0n) is 59.9. The molecule has 614 valence electrons. The molecule has 0 spiro atoms. The molecule has 17 unspecified atom stereocenters. The third-order valence-electron chi connectivity index (χ3n) is 17.8. The van der Waals surface area contributed by atoms with E-state index in [0.29, 0.717) is 26.1 Å². The summed E-state index contributed by atoms with van der Waals surface area (Å²) in [6.07, 6.45) is -35.3. The minimum absolute atomic E-state index is 0.0775. The van der Waals surface area contributed by atoms with Gasteiger partial charge < -0.3 is 172 Å². The molecule has 7 rings (SSSR count). The van der Waals surface area contributed by atoms with Gasteiger partial charge in [0.15, 0.2) is 37.3 Å². The number of anilines is 1. The Morgan fingerprint density at radius 3 is 2.05 bits per heavy atom. The van der Waals surface area contributed by atoms with Crippen molar-refractivity contribution in [2.24, 2.45) is 34.4 Å². The van der Waals surface area contributed by atoms with Crippen molar-refractivity contribution >= 4 is 75.9 Å². The number of aliphatic hydroxyl groups excluding tert-OH is 11. The van der Waals surface area contributed by atoms with Gasteiger partial charge in [-0.1, -0.05) is 0 Å². The topological polar surface area (TPSA) is 770 Å². The van der Waals surface area contributed by atoms with E-state index in [-0.39, 0.29) is 32.7 Å². The van der Waals surface area contributed by atoms with E-state index in [1.807, 2.05) is 0 Å². The Bertz CT molecular complexity index is 3690. The van der Waals surface area contributed by atoms with Crippen LogP contribution in [-0.2, 0) is 57.1 Å². The molecule has 3 aliphatic heterocycles. The van der Waals surface area contributed by atoms with Crippen LogP contribution in [0.15, 0.2) is 23.3 Å². The van der Waals surface area contributed by atoms with Crippen LogP contribution in [0.3, 0.4) is 0 Å². The molecular formula is C62H98N20O26S2. The zero-order chi connectivity index (χ0) is 81.1. The van der Waals surface area contributed by atoms with Gasteiger partial charge in [0.05, 0.1) is 80.3 Å². The molecule has 7 heterocycles. The number of carbonyl (C=O) groups is 8. The quantitative estimate of drug-likeness (QED) is 0.0145. The van der Waals surface area contributed by atoms with Gasteiger partial charge in [0.1, 0.15) is 112 Å². The van der Waals surface area contributed by atoms with Gasteiger partial charge in [0, 0.05) is 35.8 Å². The first-order chi connectivity index (χ1) is 52.1. The summed E-state index contributed by atoms with van der Waals surface area (Å²) in [6, 6.07) is -9.66. The molecule has 46 nitrogen and oxygen atoms in total. The summed E-state index contributed by atoms with van der Waals surface area (Å²) in [6.45, 7) is 4.85. The number of aromatic amines is 1. The lowest BCUT2D eigenvalue weighted by atomic mass is 9.97. The van der Waals surface area contributed by atoms with Gasteiger partial charge >= 0.3 is 6.09 Å². The molecular weight excluding hydrogens is 1500 g/mol. The van der Waals surface area contributed by atoms with Crippen molar-refractivity contribution in [1.82, 2.24) is 67.1 Å². The highest BCUT2D eigenvalue weighted by atomic mass is 32.1. The van der Waals surface area contributed by atoms with Crippen molar-refractivity contribution in [2.45, 2.75) is 213 Å². The molecule has 25 atom stereocenters. The Morgan fingerprint density at radius 2 is 1.40 bits per heavy atom. The highest BCUT2D eigenvalue weighted by Gasteiger charge is 2.54. The first kappa shape index (κ1) is 89.2. The largest absolute Gasteiger partial charge is 0.441 e. The monoisotopic (exact) mass is 1600 g/mol. The van der Waals surface area contributed by atoms with Crippen molar-refractivity contribution < 1.29 is 128 Å². The maximum absolute atomic E-state index is 15.3. The molecule has 48 heteroatoms. The number of aromatic nitrogens is 6. The number of imidazole rings is 1. The molecule has 8 amide bonds. The van der Waals surface area contributed by atoms with Gasteiger partial charge in [0.2, 0.25) is 29.5 Å². The fraction of sp³-hybridized carbons (Fsp3) is 0.661. The molecule has 4 aromatic heterocycles. The van der Waals surface area contributed by atoms with Crippen LogP contribution in [0.5, 0.6) is 0 Å². The number of thiazole rings is 2. The lowest BCUT2D eigenvalue weighted by Crippen LogP contribution is -2.65. The van der Waals surface area contributed by atoms with Crippen LogP contribution in [0.1, 0.15) is 114 Å². The summed E-state index contributed by atoms with van der Waals surface area (Å²) in [5.41, 5.74) is 39.0. The average molecular weight is 1600 g/mol. The number of aliphatic hydroxyl groups is 11. The molecule has 0 saturated carbocycles. The predicted octanol–water partition coefficient (Wildman–Crippen LogP) is -10.9. The Kier molecular flexibility index (Phi) is 33.7. The number of primary amides is 3. The first-order valence-electron chi connectivity index (χ1n) is 34.6. The van der Waals surface area contributed by atoms with Crippen LogP contribution < -0.4 is 77.4 Å². The number of nitrogen functional groups attached to an aromatic ring is 1. The highest BCUT2D eigenvalue weighted by molar-refractivity contribution is 7.14. The summed E-state index contributed by atoms with van der Waals surface area (Å²) in [4.78, 5) is 132. The number of nitrogens with zero attached hydrogens (tertiary/aromatic N) is 5. The van der Waals surface area contributed by atoms with Crippen molar-refractivity contribution in [1.29, 1.82) is 0 Å². The third-order valence-corrected chi connectivity index (χ3v) is 19.6. The minimum Gasteiger partial charge on any atom is -0.441 e. The lowest BCUT2D eigenvalue weighted by molar-refractivity contribution is -0.372. The number of ether oxygens (including phenoxy) is 7. The van der Waals surface area contributed by atoms with Crippen LogP contribution >= 0.6 is 22.7 Å². The average Bonchev–Trinajstić information content (AvgIpc) is 0.812. The van der Waals surface area contributed by atoms with Crippen molar-refractivity contribution in [3.8, 4) is 10.7 Å². The van der Waals surface area contributed by atoms with E-state index in [0.717, 1.165) is 68.4 Å². The van der Waals surface area contributed by atoms with Crippen LogP contribution in [0.2, 0.25) is 0 Å². The number of hydrogen-bond acceptors (Lipinski definition) is 39. The van der Waals surface area contributed by atoms with Crippen molar-refractivity contribution in [3.63, 3.8) is 0 Å². The number of carbonyl (C=O) groups excluding carboxylic acids is 8. The summed E-state index contributed by atoms with van der Waals surface area (Å²) in [5.74, 6) is -8.29. The lowest BCUT2D eigenvalue weighted by Gasteiger charge is -2.47. The Hall–Kier alpha value is -7.97. The van der Waals surface area contributed by atoms with Crippen LogP contribution in [0.25, 0.3) is 10.7 Å². The van der Waals surface area contributed by atoms with Crippen molar-refractivity contribution in [3.05, 3.63) is 56.8 Å². The van der Waals surface area contributed by atoms with E-state index in [2.05, 4.69) is 67.1 Å². The minimum atomic E-state index is -2.26. The number of amides is 8. The smallest absolute Gasteiger partial charge is 0.404 e. The number of rotatable bonds is 41. The second-order valence-corrected chi connectivity index (χ2v) is 27.9. The fourth-order valence-electron chi connectivity index (χ4n) is 11.4. The first-order valence-corrected chi connectivity index (χ1v) is 36.3. The molecule has 0 aromatic carbocycles. The molecule has 33 N–H and O–H groups in total.